The van der Waals surface area contributed by atoms with Gasteiger partial charge >= 0.3 is 0 Å². The fraction of sp³-hybridized carbons (Fsp3) is 0.500. The fourth-order valence-corrected chi connectivity index (χ4v) is 2.20. The van der Waals surface area contributed by atoms with Crippen LogP contribution in [0.4, 0.5) is 0 Å². The Morgan fingerprint density at radius 3 is 2.50 bits per heavy atom. The van der Waals surface area contributed by atoms with E-state index in [2.05, 4.69) is 13.1 Å². The van der Waals surface area contributed by atoms with Crippen LogP contribution < -0.4 is 10.2 Å². The second kappa shape index (κ2) is 4.89. The van der Waals surface area contributed by atoms with E-state index in [-0.39, 0.29) is 11.2 Å². The van der Waals surface area contributed by atoms with Gasteiger partial charge in [0.1, 0.15) is 11.5 Å². The average Bonchev–Trinajstić information content (AvgIpc) is 2.20. The van der Waals surface area contributed by atoms with E-state index in [4.69, 9.17) is 10.2 Å². The summed E-state index contributed by atoms with van der Waals surface area (Å²) in [7, 11) is -1.11. The monoisotopic (exact) mass is 239 g/mol. The topological polar surface area (TPSA) is 55.5 Å². The molecule has 0 amide bonds. The molecule has 0 fully saturated rings. The van der Waals surface area contributed by atoms with Crippen molar-refractivity contribution in [1.82, 2.24) is 0 Å². The molecule has 0 aromatic heterocycles. The molecule has 0 bridgehead atoms. The van der Waals surface area contributed by atoms with Gasteiger partial charge in [0, 0.05) is 17.5 Å². The highest BCUT2D eigenvalue weighted by Gasteiger charge is 2.22. The number of nitrogens with two attached hydrogens (primary N) is 1. The van der Waals surface area contributed by atoms with Crippen LogP contribution in [0.1, 0.15) is 19.4 Å². The molecule has 0 saturated heterocycles. The number of benzene rings is 1. The second-order valence-electron chi connectivity index (χ2n) is 4.93. The number of hydrogen-bond acceptors (Lipinski definition) is 3. The van der Waals surface area contributed by atoms with Crippen LogP contribution in [0.15, 0.2) is 18.2 Å². The van der Waals surface area contributed by atoms with Gasteiger partial charge in [-0.2, -0.15) is 0 Å². The molecule has 0 radical (unpaired) electrons. The summed E-state index contributed by atoms with van der Waals surface area (Å²) in [5.74, 6) is 1.12. The predicted octanol–water partition coefficient (Wildman–Crippen LogP) is 1.99. The highest BCUT2D eigenvalue weighted by atomic mass is 28.3. The minimum Gasteiger partial charge on any atom is -0.547 e. The van der Waals surface area contributed by atoms with E-state index < -0.39 is 9.04 Å². The third-order valence-electron chi connectivity index (χ3n) is 2.58. The van der Waals surface area contributed by atoms with Crippen LogP contribution in [0.3, 0.4) is 0 Å². The summed E-state index contributed by atoms with van der Waals surface area (Å²) in [6.07, 6.45) is 0. The molecule has 0 aliphatic carbocycles. The molecule has 90 valence electrons. The minimum absolute atomic E-state index is 0.234. The smallest absolute Gasteiger partial charge is 0.229 e. The van der Waals surface area contributed by atoms with Gasteiger partial charge in [-0.05, 0) is 31.3 Å². The SMILES string of the molecule is C[SiH](C)Oc1ccc(O)c(C(C)(C)CN)c1. The van der Waals surface area contributed by atoms with Crippen molar-refractivity contribution in [1.29, 1.82) is 0 Å². The molecule has 1 rings (SSSR count). The Kier molecular flexibility index (Phi) is 3.99. The van der Waals surface area contributed by atoms with Gasteiger partial charge in [0.25, 0.3) is 0 Å². The summed E-state index contributed by atoms with van der Waals surface area (Å²) >= 11 is 0. The van der Waals surface area contributed by atoms with Gasteiger partial charge in [-0.25, -0.2) is 0 Å². The number of phenols is 1. The number of hydrogen-bond donors (Lipinski definition) is 2. The van der Waals surface area contributed by atoms with Crippen LogP contribution in [-0.4, -0.2) is 20.7 Å². The quantitative estimate of drug-likeness (QED) is 0.790. The van der Waals surface area contributed by atoms with Crippen LogP contribution in [0.2, 0.25) is 13.1 Å². The first-order valence-electron chi connectivity index (χ1n) is 5.57. The van der Waals surface area contributed by atoms with Crippen molar-refractivity contribution in [3.05, 3.63) is 23.8 Å². The first-order chi connectivity index (χ1) is 7.36. The van der Waals surface area contributed by atoms with Crippen molar-refractivity contribution in [3.63, 3.8) is 0 Å². The standard InChI is InChI=1S/C12H21NO2Si/c1-12(2,8-13)10-7-9(15-16(3)4)5-6-11(10)14/h5-7,14,16H,8,13H2,1-4H3. The summed E-state index contributed by atoms with van der Waals surface area (Å²) in [4.78, 5) is 0. The Morgan fingerprint density at radius 2 is 2.00 bits per heavy atom. The van der Waals surface area contributed by atoms with Crippen LogP contribution >= 0.6 is 0 Å². The van der Waals surface area contributed by atoms with E-state index >= 15 is 0 Å². The molecule has 3 N–H and O–H groups in total. The molecule has 0 aliphatic rings. The Labute approximate surface area is 99.0 Å². The lowest BCUT2D eigenvalue weighted by Gasteiger charge is -2.25. The van der Waals surface area contributed by atoms with Crippen molar-refractivity contribution < 1.29 is 9.53 Å². The van der Waals surface area contributed by atoms with E-state index in [0.29, 0.717) is 6.54 Å². The third kappa shape index (κ3) is 2.99. The lowest BCUT2D eigenvalue weighted by atomic mass is 9.84. The van der Waals surface area contributed by atoms with Crippen molar-refractivity contribution in [3.8, 4) is 11.5 Å². The van der Waals surface area contributed by atoms with Gasteiger partial charge < -0.3 is 15.3 Å². The Hall–Kier alpha value is -1.00. The van der Waals surface area contributed by atoms with Crippen molar-refractivity contribution >= 4 is 9.04 Å². The molecular weight excluding hydrogens is 218 g/mol. The molecule has 0 spiro atoms. The highest BCUT2D eigenvalue weighted by molar-refractivity contribution is 6.49. The summed E-state index contributed by atoms with van der Waals surface area (Å²) in [6, 6.07) is 5.38. The second-order valence-corrected chi connectivity index (χ2v) is 7.27. The van der Waals surface area contributed by atoms with Crippen LogP contribution in [-0.2, 0) is 5.41 Å². The maximum Gasteiger partial charge on any atom is 0.229 e. The van der Waals surface area contributed by atoms with Gasteiger partial charge in [0.2, 0.25) is 9.04 Å². The van der Waals surface area contributed by atoms with Gasteiger partial charge in [-0.3, -0.25) is 0 Å². The minimum atomic E-state index is -1.11. The summed E-state index contributed by atoms with van der Waals surface area (Å²) in [5, 5.41) is 9.84. The van der Waals surface area contributed by atoms with E-state index in [1.165, 1.54) is 0 Å². The molecular formula is C12H21NO2Si. The average molecular weight is 239 g/mol. The molecule has 1 aromatic rings. The molecule has 0 aliphatic heterocycles. The molecule has 16 heavy (non-hydrogen) atoms. The van der Waals surface area contributed by atoms with Gasteiger partial charge in [0.05, 0.1) is 0 Å². The van der Waals surface area contributed by atoms with Crippen molar-refractivity contribution in [2.45, 2.75) is 32.4 Å². The highest BCUT2D eigenvalue weighted by Crippen LogP contribution is 2.33. The summed E-state index contributed by atoms with van der Waals surface area (Å²) in [5.41, 5.74) is 6.33. The molecule has 3 nitrogen and oxygen atoms in total. The number of phenolic OH excluding ortho intramolecular Hbond substituents is 1. The molecule has 0 heterocycles. The first-order valence-corrected chi connectivity index (χ1v) is 8.35. The molecule has 0 saturated carbocycles. The van der Waals surface area contributed by atoms with Crippen LogP contribution in [0.5, 0.6) is 11.5 Å². The first kappa shape index (κ1) is 13.1. The van der Waals surface area contributed by atoms with Gasteiger partial charge in [-0.15, -0.1) is 0 Å². The van der Waals surface area contributed by atoms with E-state index in [1.807, 2.05) is 19.9 Å². The molecule has 1 aromatic carbocycles. The van der Waals surface area contributed by atoms with E-state index in [0.717, 1.165) is 11.3 Å². The lowest BCUT2D eigenvalue weighted by molar-refractivity contribution is 0.435. The maximum atomic E-state index is 9.84. The largest absolute Gasteiger partial charge is 0.547 e. The van der Waals surface area contributed by atoms with E-state index in [1.54, 1.807) is 12.1 Å². The van der Waals surface area contributed by atoms with Crippen LogP contribution in [0.25, 0.3) is 0 Å². The summed E-state index contributed by atoms with van der Waals surface area (Å²) < 4.78 is 5.74. The predicted molar refractivity (Wildman–Crippen MR) is 69.7 cm³/mol. The Balaban J connectivity index is 3.08. The zero-order valence-electron chi connectivity index (χ0n) is 10.4. The van der Waals surface area contributed by atoms with Crippen molar-refractivity contribution in [2.75, 3.05) is 6.54 Å². The number of aromatic hydroxyl groups is 1. The van der Waals surface area contributed by atoms with Gasteiger partial charge in [-0.1, -0.05) is 13.8 Å². The van der Waals surface area contributed by atoms with E-state index in [9.17, 15) is 5.11 Å². The fourth-order valence-electron chi connectivity index (χ4n) is 1.51. The normalized spacial score (nSPS) is 11.9. The Bertz CT molecular complexity index is 364. The zero-order chi connectivity index (χ0) is 12.3. The molecule has 4 heteroatoms. The molecule has 0 atom stereocenters. The lowest BCUT2D eigenvalue weighted by Crippen LogP contribution is -2.28. The summed E-state index contributed by atoms with van der Waals surface area (Å²) in [6.45, 7) is 8.74. The molecule has 0 unspecified atom stereocenters. The Morgan fingerprint density at radius 1 is 1.38 bits per heavy atom. The maximum absolute atomic E-state index is 9.84. The third-order valence-corrected chi connectivity index (χ3v) is 3.32. The zero-order valence-corrected chi connectivity index (χ0v) is 11.6. The van der Waals surface area contributed by atoms with Crippen molar-refractivity contribution in [2.24, 2.45) is 5.73 Å². The van der Waals surface area contributed by atoms with Crippen LogP contribution in [0, 0.1) is 0 Å². The van der Waals surface area contributed by atoms with Gasteiger partial charge in [0.15, 0.2) is 0 Å². The number of rotatable bonds is 4.